The summed E-state index contributed by atoms with van der Waals surface area (Å²) in [6, 6.07) is 1.67. The van der Waals surface area contributed by atoms with E-state index in [9.17, 15) is 4.79 Å². The lowest BCUT2D eigenvalue weighted by Crippen LogP contribution is -2.41. The van der Waals surface area contributed by atoms with Crippen molar-refractivity contribution < 1.29 is 9.53 Å². The van der Waals surface area contributed by atoms with Crippen LogP contribution in [0, 0.1) is 0 Å². The number of rotatable bonds is 7. The van der Waals surface area contributed by atoms with Crippen molar-refractivity contribution in [3.05, 3.63) is 11.9 Å². The first-order chi connectivity index (χ1) is 9.84. The van der Waals surface area contributed by atoms with E-state index in [-0.39, 0.29) is 18.1 Å². The van der Waals surface area contributed by atoms with Crippen molar-refractivity contribution >= 4 is 17.5 Å². The first-order valence-corrected chi connectivity index (χ1v) is 6.72. The Morgan fingerprint density at radius 3 is 2.57 bits per heavy atom. The summed E-state index contributed by atoms with van der Waals surface area (Å²) in [6.07, 6.45) is 0.353. The standard InChI is InChI=1S/C13H24N6O2/c1-13(2,3)18-12(20)5-6-15-9-7-10(19-14)17-11(16-9)8-21-4/h7H,5-6,8,14H2,1-4H3,(H,18,20)(H2,15,16,17,19). The Morgan fingerprint density at radius 2 is 2.00 bits per heavy atom. The Balaban J connectivity index is 2.54. The molecule has 1 heterocycles. The maximum atomic E-state index is 11.7. The van der Waals surface area contributed by atoms with E-state index in [2.05, 4.69) is 26.0 Å². The minimum Gasteiger partial charge on any atom is -0.377 e. The van der Waals surface area contributed by atoms with E-state index in [1.165, 1.54) is 0 Å². The van der Waals surface area contributed by atoms with Gasteiger partial charge in [0.05, 0.1) is 0 Å². The molecule has 8 heteroatoms. The van der Waals surface area contributed by atoms with Gasteiger partial charge in [0, 0.05) is 31.7 Å². The number of hydrogen-bond donors (Lipinski definition) is 4. The van der Waals surface area contributed by atoms with Gasteiger partial charge in [0.2, 0.25) is 5.91 Å². The maximum absolute atomic E-state index is 11.7. The Kier molecular flexibility index (Phi) is 6.32. The second kappa shape index (κ2) is 7.75. The monoisotopic (exact) mass is 296 g/mol. The van der Waals surface area contributed by atoms with Gasteiger partial charge in [-0.3, -0.25) is 4.79 Å². The van der Waals surface area contributed by atoms with Crippen LogP contribution in [0.2, 0.25) is 0 Å². The minimum absolute atomic E-state index is 0.0154. The van der Waals surface area contributed by atoms with Gasteiger partial charge in [-0.2, -0.15) is 0 Å². The van der Waals surface area contributed by atoms with Crippen LogP contribution in [-0.2, 0) is 16.1 Å². The number of methoxy groups -OCH3 is 1. The van der Waals surface area contributed by atoms with Gasteiger partial charge in [0.15, 0.2) is 5.82 Å². The second-order valence-electron chi connectivity index (χ2n) is 5.61. The van der Waals surface area contributed by atoms with Crippen LogP contribution in [0.5, 0.6) is 0 Å². The van der Waals surface area contributed by atoms with Crippen LogP contribution in [-0.4, -0.2) is 35.1 Å². The Labute approximate surface area is 124 Å². The van der Waals surface area contributed by atoms with Crippen molar-refractivity contribution in [3.63, 3.8) is 0 Å². The molecule has 0 bridgehead atoms. The van der Waals surface area contributed by atoms with E-state index in [0.29, 0.717) is 30.4 Å². The fraction of sp³-hybridized carbons (Fsp3) is 0.615. The molecule has 0 saturated carbocycles. The van der Waals surface area contributed by atoms with Crippen molar-refractivity contribution in [2.75, 3.05) is 24.4 Å². The number of amides is 1. The molecule has 0 fully saturated rings. The highest BCUT2D eigenvalue weighted by Crippen LogP contribution is 2.11. The number of hydrogen-bond acceptors (Lipinski definition) is 7. The summed E-state index contributed by atoms with van der Waals surface area (Å²) in [5.41, 5.74) is 2.24. The largest absolute Gasteiger partial charge is 0.377 e. The molecule has 1 rings (SSSR count). The number of nitrogens with zero attached hydrogens (tertiary/aromatic N) is 2. The van der Waals surface area contributed by atoms with Gasteiger partial charge in [-0.1, -0.05) is 0 Å². The van der Waals surface area contributed by atoms with Crippen LogP contribution >= 0.6 is 0 Å². The van der Waals surface area contributed by atoms with E-state index >= 15 is 0 Å². The van der Waals surface area contributed by atoms with Gasteiger partial charge in [-0.05, 0) is 20.8 Å². The van der Waals surface area contributed by atoms with Crippen molar-refractivity contribution in [1.29, 1.82) is 0 Å². The topological polar surface area (TPSA) is 114 Å². The normalized spacial score (nSPS) is 11.1. The molecule has 1 aromatic rings. The van der Waals surface area contributed by atoms with Gasteiger partial charge in [0.1, 0.15) is 18.2 Å². The Bertz CT molecular complexity index is 472. The van der Waals surface area contributed by atoms with Crippen LogP contribution in [0.1, 0.15) is 33.0 Å². The molecule has 0 aromatic carbocycles. The van der Waals surface area contributed by atoms with E-state index in [1.807, 2.05) is 20.8 Å². The molecule has 8 nitrogen and oxygen atoms in total. The summed E-state index contributed by atoms with van der Waals surface area (Å²) < 4.78 is 4.99. The molecule has 0 radical (unpaired) electrons. The van der Waals surface area contributed by atoms with Crippen LogP contribution in [0.15, 0.2) is 6.07 Å². The number of ether oxygens (including phenoxy) is 1. The molecule has 0 saturated heterocycles. The average Bonchev–Trinajstić information content (AvgIpc) is 2.36. The predicted octanol–water partition coefficient (Wildman–Crippen LogP) is 0.625. The number of anilines is 2. The van der Waals surface area contributed by atoms with E-state index in [4.69, 9.17) is 10.6 Å². The van der Waals surface area contributed by atoms with Crippen molar-refractivity contribution in [2.24, 2.45) is 5.84 Å². The van der Waals surface area contributed by atoms with Crippen LogP contribution in [0.3, 0.4) is 0 Å². The summed E-state index contributed by atoms with van der Waals surface area (Å²) in [7, 11) is 1.57. The quantitative estimate of drug-likeness (QED) is 0.431. The third kappa shape index (κ3) is 6.87. The molecular formula is C13H24N6O2. The fourth-order valence-corrected chi connectivity index (χ4v) is 1.64. The molecule has 0 unspecified atom stereocenters. The SMILES string of the molecule is COCc1nc(NN)cc(NCCC(=O)NC(C)(C)C)n1. The molecule has 0 aliphatic rings. The molecule has 21 heavy (non-hydrogen) atoms. The zero-order valence-corrected chi connectivity index (χ0v) is 13.0. The third-order valence-electron chi connectivity index (χ3n) is 2.37. The molecular weight excluding hydrogens is 272 g/mol. The first-order valence-electron chi connectivity index (χ1n) is 6.72. The highest BCUT2D eigenvalue weighted by Gasteiger charge is 2.13. The number of nitrogens with one attached hydrogen (secondary N) is 3. The lowest BCUT2D eigenvalue weighted by molar-refractivity contribution is -0.122. The number of carbonyl (C=O) groups is 1. The summed E-state index contributed by atoms with van der Waals surface area (Å²) >= 11 is 0. The maximum Gasteiger partial charge on any atom is 0.222 e. The van der Waals surface area contributed by atoms with Crippen molar-refractivity contribution in [3.8, 4) is 0 Å². The lowest BCUT2D eigenvalue weighted by Gasteiger charge is -2.20. The predicted molar refractivity (Wildman–Crippen MR) is 81.6 cm³/mol. The number of nitrogens with two attached hydrogens (primary N) is 1. The molecule has 1 aromatic heterocycles. The van der Waals surface area contributed by atoms with Gasteiger partial charge in [0.25, 0.3) is 0 Å². The van der Waals surface area contributed by atoms with Crippen molar-refractivity contribution in [1.82, 2.24) is 15.3 Å². The van der Waals surface area contributed by atoms with Crippen LogP contribution < -0.4 is 21.9 Å². The highest BCUT2D eigenvalue weighted by atomic mass is 16.5. The molecule has 5 N–H and O–H groups in total. The molecule has 0 aliphatic carbocycles. The number of hydrazine groups is 1. The molecule has 0 atom stereocenters. The number of carbonyl (C=O) groups excluding carboxylic acids is 1. The van der Waals surface area contributed by atoms with Crippen LogP contribution in [0.25, 0.3) is 0 Å². The highest BCUT2D eigenvalue weighted by molar-refractivity contribution is 5.77. The zero-order chi connectivity index (χ0) is 15.9. The summed E-state index contributed by atoms with van der Waals surface area (Å²) in [5, 5.41) is 5.97. The summed E-state index contributed by atoms with van der Waals surface area (Å²) in [5.74, 6) is 6.93. The van der Waals surface area contributed by atoms with Gasteiger partial charge >= 0.3 is 0 Å². The summed E-state index contributed by atoms with van der Waals surface area (Å²) in [4.78, 5) is 20.1. The zero-order valence-electron chi connectivity index (χ0n) is 13.0. The minimum atomic E-state index is -0.228. The molecule has 118 valence electrons. The van der Waals surface area contributed by atoms with Crippen molar-refractivity contribution in [2.45, 2.75) is 39.3 Å². The Morgan fingerprint density at radius 1 is 1.33 bits per heavy atom. The smallest absolute Gasteiger partial charge is 0.222 e. The number of aromatic nitrogens is 2. The van der Waals surface area contributed by atoms with Gasteiger partial charge in [-0.25, -0.2) is 15.8 Å². The van der Waals surface area contributed by atoms with E-state index < -0.39 is 0 Å². The van der Waals surface area contributed by atoms with Gasteiger partial charge in [-0.15, -0.1) is 0 Å². The second-order valence-corrected chi connectivity index (χ2v) is 5.61. The third-order valence-corrected chi connectivity index (χ3v) is 2.37. The molecule has 0 spiro atoms. The molecule has 0 aliphatic heterocycles. The van der Waals surface area contributed by atoms with Gasteiger partial charge < -0.3 is 20.8 Å². The Hall–Kier alpha value is -1.93. The average molecular weight is 296 g/mol. The number of nitrogen functional groups attached to an aromatic ring is 1. The fourth-order valence-electron chi connectivity index (χ4n) is 1.64. The molecule has 1 amide bonds. The van der Waals surface area contributed by atoms with E-state index in [0.717, 1.165) is 0 Å². The first kappa shape index (κ1) is 17.1. The van der Waals surface area contributed by atoms with E-state index in [1.54, 1.807) is 13.2 Å². The lowest BCUT2D eigenvalue weighted by atomic mass is 10.1. The summed E-state index contributed by atoms with van der Waals surface area (Å²) in [6.45, 7) is 6.58. The van der Waals surface area contributed by atoms with Crippen LogP contribution in [0.4, 0.5) is 11.6 Å².